The third-order valence-electron chi connectivity index (χ3n) is 4.58. The highest BCUT2D eigenvalue weighted by Crippen LogP contribution is 2.18. The lowest BCUT2D eigenvalue weighted by molar-refractivity contribution is 0.613. The lowest BCUT2D eigenvalue weighted by Crippen LogP contribution is -2.31. The number of unbranched alkanes of at least 4 members (excludes halogenated alkanes) is 1. The van der Waals surface area contributed by atoms with Crippen molar-refractivity contribution in [3.8, 4) is 0 Å². The quantitative estimate of drug-likeness (QED) is 0.667. The molecular formula is C19H24FN5O2. The molecule has 144 valence electrons. The monoisotopic (exact) mass is 373 g/mol. The van der Waals surface area contributed by atoms with Crippen LogP contribution in [0.15, 0.2) is 27.8 Å². The van der Waals surface area contributed by atoms with Gasteiger partial charge in [0.25, 0.3) is 5.56 Å². The Bertz CT molecular complexity index is 1080. The number of imidazole rings is 1. The Labute approximate surface area is 155 Å². The van der Waals surface area contributed by atoms with Gasteiger partial charge >= 0.3 is 5.69 Å². The second kappa shape index (κ2) is 7.77. The third kappa shape index (κ3) is 3.65. The summed E-state index contributed by atoms with van der Waals surface area (Å²) in [5.74, 6) is 0.237. The van der Waals surface area contributed by atoms with Crippen LogP contribution in [-0.4, -0.2) is 19.1 Å². The predicted octanol–water partition coefficient (Wildman–Crippen LogP) is 2.77. The summed E-state index contributed by atoms with van der Waals surface area (Å²) in [6.07, 6.45) is 1.73. The molecule has 0 aliphatic rings. The molecule has 3 rings (SSSR count). The van der Waals surface area contributed by atoms with E-state index in [9.17, 15) is 14.0 Å². The van der Waals surface area contributed by atoms with E-state index in [0.29, 0.717) is 35.8 Å². The summed E-state index contributed by atoms with van der Waals surface area (Å²) in [5, 5.41) is 3.03. The summed E-state index contributed by atoms with van der Waals surface area (Å²) in [7, 11) is 0. The molecule has 0 saturated carbocycles. The van der Waals surface area contributed by atoms with Crippen molar-refractivity contribution in [2.75, 3.05) is 5.32 Å². The van der Waals surface area contributed by atoms with E-state index in [0.717, 1.165) is 18.4 Å². The highest BCUT2D eigenvalue weighted by atomic mass is 19.1. The largest absolute Gasteiger partial charge is 0.375 e. The van der Waals surface area contributed by atoms with E-state index in [-0.39, 0.29) is 12.4 Å². The van der Waals surface area contributed by atoms with Crippen LogP contribution in [0, 0.1) is 12.7 Å². The molecule has 1 aromatic carbocycles. The average molecular weight is 373 g/mol. The van der Waals surface area contributed by atoms with Crippen LogP contribution in [0.4, 0.5) is 10.1 Å². The lowest BCUT2D eigenvalue weighted by Gasteiger charge is -2.09. The Morgan fingerprint density at radius 1 is 1.22 bits per heavy atom. The van der Waals surface area contributed by atoms with Crippen molar-refractivity contribution >= 4 is 16.9 Å². The van der Waals surface area contributed by atoms with Gasteiger partial charge in [-0.1, -0.05) is 19.4 Å². The van der Waals surface area contributed by atoms with E-state index < -0.39 is 11.2 Å². The van der Waals surface area contributed by atoms with Gasteiger partial charge < -0.3 is 9.88 Å². The van der Waals surface area contributed by atoms with Gasteiger partial charge in [-0.2, -0.15) is 0 Å². The maximum Gasteiger partial charge on any atom is 0.330 e. The normalized spacial score (nSPS) is 11.3. The summed E-state index contributed by atoms with van der Waals surface area (Å²) in [6, 6.07) is 4.95. The predicted molar refractivity (Wildman–Crippen MR) is 104 cm³/mol. The van der Waals surface area contributed by atoms with E-state index in [4.69, 9.17) is 0 Å². The van der Waals surface area contributed by atoms with Gasteiger partial charge in [-0.05, 0) is 38.0 Å². The number of H-pyrrole nitrogens is 1. The molecule has 0 amide bonds. The van der Waals surface area contributed by atoms with Gasteiger partial charge in [0.15, 0.2) is 11.2 Å². The molecule has 3 aromatic rings. The molecule has 2 aromatic heterocycles. The Kier molecular flexibility index (Phi) is 5.43. The second-order valence-electron chi connectivity index (χ2n) is 6.55. The number of anilines is 1. The Balaban J connectivity index is 2.03. The molecule has 0 spiro atoms. The average Bonchev–Trinajstić information content (AvgIpc) is 2.99. The third-order valence-corrected chi connectivity index (χ3v) is 4.58. The number of rotatable bonds is 7. The van der Waals surface area contributed by atoms with Gasteiger partial charge in [0.1, 0.15) is 11.6 Å². The van der Waals surface area contributed by atoms with Crippen LogP contribution in [0.1, 0.15) is 38.1 Å². The van der Waals surface area contributed by atoms with Crippen molar-refractivity contribution < 1.29 is 4.39 Å². The summed E-state index contributed by atoms with van der Waals surface area (Å²) in [6.45, 7) is 7.00. The molecule has 7 nitrogen and oxygen atoms in total. The molecular weight excluding hydrogens is 349 g/mol. The number of aromatic amines is 1. The van der Waals surface area contributed by atoms with Gasteiger partial charge in [0.05, 0.1) is 12.2 Å². The van der Waals surface area contributed by atoms with Crippen molar-refractivity contribution in [3.63, 3.8) is 0 Å². The maximum atomic E-state index is 14.1. The first-order chi connectivity index (χ1) is 13.0. The number of halogens is 1. The van der Waals surface area contributed by atoms with Crippen LogP contribution in [0.2, 0.25) is 0 Å². The molecule has 0 bridgehead atoms. The van der Waals surface area contributed by atoms with Crippen LogP contribution >= 0.6 is 0 Å². The van der Waals surface area contributed by atoms with Gasteiger partial charge in [-0.15, -0.1) is 0 Å². The minimum Gasteiger partial charge on any atom is -0.375 e. The number of nitrogens with zero attached hydrogens (tertiary/aromatic N) is 3. The molecule has 0 aliphatic carbocycles. The van der Waals surface area contributed by atoms with E-state index in [1.54, 1.807) is 10.6 Å². The number of benzene rings is 1. The number of hydrogen-bond acceptors (Lipinski definition) is 4. The number of fused-ring (bicyclic) bond motifs is 1. The fourth-order valence-electron chi connectivity index (χ4n) is 3.15. The molecule has 0 atom stereocenters. The minimum absolute atomic E-state index is 0.240. The van der Waals surface area contributed by atoms with Gasteiger partial charge in [0.2, 0.25) is 0 Å². The highest BCUT2D eigenvalue weighted by Gasteiger charge is 2.17. The molecule has 8 heteroatoms. The van der Waals surface area contributed by atoms with Crippen molar-refractivity contribution in [3.05, 3.63) is 56.2 Å². The Morgan fingerprint density at radius 2 is 2.00 bits per heavy atom. The lowest BCUT2D eigenvalue weighted by atomic mass is 10.2. The van der Waals surface area contributed by atoms with E-state index in [1.807, 2.05) is 26.8 Å². The first-order valence-electron chi connectivity index (χ1n) is 9.18. The van der Waals surface area contributed by atoms with E-state index in [1.165, 1.54) is 10.6 Å². The SMILES string of the molecule is CCCCn1c(=O)[nH]c(=O)c2c1nc(CNc1ccc(C)cc1F)n2CC. The standard InChI is InChI=1S/C19H24FN5O2/c1-4-6-9-25-17-16(18(26)23-19(25)27)24(5-2)15(22-17)11-21-14-8-7-12(3)10-13(14)20/h7-8,10,21H,4-6,9,11H2,1-3H3,(H,23,26,27). The maximum absolute atomic E-state index is 14.1. The first kappa shape index (κ1) is 18.9. The molecule has 0 fully saturated rings. The van der Waals surface area contributed by atoms with Gasteiger partial charge in [0, 0.05) is 13.1 Å². The summed E-state index contributed by atoms with van der Waals surface area (Å²) >= 11 is 0. The fraction of sp³-hybridized carbons (Fsp3) is 0.421. The van der Waals surface area contributed by atoms with Crippen LogP contribution in [0.25, 0.3) is 11.2 Å². The molecule has 0 saturated heterocycles. The fourth-order valence-corrected chi connectivity index (χ4v) is 3.15. The van der Waals surface area contributed by atoms with Crippen LogP contribution in [-0.2, 0) is 19.6 Å². The van der Waals surface area contributed by atoms with Gasteiger partial charge in [-0.25, -0.2) is 14.2 Å². The zero-order valence-corrected chi connectivity index (χ0v) is 15.8. The van der Waals surface area contributed by atoms with Crippen LogP contribution in [0.5, 0.6) is 0 Å². The summed E-state index contributed by atoms with van der Waals surface area (Å²) in [5.41, 5.74) is 1.04. The molecule has 27 heavy (non-hydrogen) atoms. The number of nitrogens with one attached hydrogen (secondary N) is 2. The minimum atomic E-state index is -0.454. The molecule has 2 heterocycles. The van der Waals surface area contributed by atoms with Crippen LogP contribution in [0.3, 0.4) is 0 Å². The molecule has 2 N–H and O–H groups in total. The van der Waals surface area contributed by atoms with Gasteiger partial charge in [-0.3, -0.25) is 14.3 Å². The van der Waals surface area contributed by atoms with E-state index in [2.05, 4.69) is 15.3 Å². The second-order valence-corrected chi connectivity index (χ2v) is 6.55. The zero-order valence-electron chi connectivity index (χ0n) is 15.8. The van der Waals surface area contributed by atoms with Crippen molar-refractivity contribution in [1.82, 2.24) is 19.1 Å². The van der Waals surface area contributed by atoms with Crippen molar-refractivity contribution in [1.29, 1.82) is 0 Å². The molecule has 0 unspecified atom stereocenters. The molecule has 0 radical (unpaired) electrons. The Hall–Kier alpha value is -2.90. The number of aryl methyl sites for hydroxylation is 3. The molecule has 0 aliphatic heterocycles. The highest BCUT2D eigenvalue weighted by molar-refractivity contribution is 5.71. The first-order valence-corrected chi connectivity index (χ1v) is 9.18. The number of hydrogen-bond donors (Lipinski definition) is 2. The number of aromatic nitrogens is 4. The van der Waals surface area contributed by atoms with Crippen molar-refractivity contribution in [2.45, 2.75) is 53.2 Å². The van der Waals surface area contributed by atoms with Crippen LogP contribution < -0.4 is 16.6 Å². The van der Waals surface area contributed by atoms with E-state index >= 15 is 0 Å². The van der Waals surface area contributed by atoms with Crippen molar-refractivity contribution in [2.24, 2.45) is 0 Å². The topological polar surface area (TPSA) is 84.7 Å². The Morgan fingerprint density at radius 3 is 2.67 bits per heavy atom. The zero-order chi connectivity index (χ0) is 19.6. The summed E-state index contributed by atoms with van der Waals surface area (Å²) < 4.78 is 17.3. The summed E-state index contributed by atoms with van der Waals surface area (Å²) in [4.78, 5) is 31.5. The smallest absolute Gasteiger partial charge is 0.330 e.